The molecule has 0 unspecified atom stereocenters. The number of aromatic amines is 1. The van der Waals surface area contributed by atoms with Crippen LogP contribution >= 0.6 is 0 Å². The first-order valence-corrected chi connectivity index (χ1v) is 22.8. The number of allylic oxidation sites excluding steroid dienone is 1. The first-order chi connectivity index (χ1) is 29.4. The van der Waals surface area contributed by atoms with Crippen LogP contribution < -0.4 is 9.80 Å². The van der Waals surface area contributed by atoms with Crippen LogP contribution in [0.5, 0.6) is 0 Å². The summed E-state index contributed by atoms with van der Waals surface area (Å²) >= 11 is 0. The molecule has 12 heteroatoms. The average Bonchev–Trinajstić information content (AvgIpc) is 3.85. The van der Waals surface area contributed by atoms with Gasteiger partial charge in [0, 0.05) is 94.1 Å². The first-order valence-electron chi connectivity index (χ1n) is 22.8. The monoisotopic (exact) mass is 828 g/mol. The molecule has 4 fully saturated rings. The maximum atomic E-state index is 14.6. The van der Waals surface area contributed by atoms with E-state index in [1.54, 1.807) is 0 Å². The Labute approximate surface area is 357 Å². The highest BCUT2D eigenvalue weighted by atomic mass is 19.3. The van der Waals surface area contributed by atoms with Gasteiger partial charge in [0.15, 0.2) is 5.78 Å². The molecule has 2 aromatic heterocycles. The number of anilines is 2. The summed E-state index contributed by atoms with van der Waals surface area (Å²) < 4.78 is 29.2. The molecule has 4 aromatic rings. The zero-order valence-corrected chi connectivity index (χ0v) is 35.6. The summed E-state index contributed by atoms with van der Waals surface area (Å²) in [5.41, 5.74) is 10.2. The zero-order valence-electron chi connectivity index (χ0n) is 35.6. The second-order valence-electron chi connectivity index (χ2n) is 20.0. The number of hydrogen-bond donors (Lipinski definition) is 1. The van der Waals surface area contributed by atoms with E-state index in [2.05, 4.69) is 62.7 Å². The van der Waals surface area contributed by atoms with Crippen LogP contribution in [0, 0.1) is 11.3 Å². The van der Waals surface area contributed by atoms with Crippen LogP contribution in [0.25, 0.3) is 10.9 Å². The zero-order chi connectivity index (χ0) is 41.8. The first kappa shape index (κ1) is 39.2. The predicted molar refractivity (Wildman–Crippen MR) is 233 cm³/mol. The topological polar surface area (TPSA) is 91.9 Å². The number of hydrogen-bond acceptors (Lipinski definition) is 8. The van der Waals surface area contributed by atoms with Crippen molar-refractivity contribution >= 4 is 34.1 Å². The molecule has 2 saturated heterocycles. The molecule has 5 aliphatic heterocycles. The van der Waals surface area contributed by atoms with Gasteiger partial charge >= 0.3 is 0 Å². The van der Waals surface area contributed by atoms with E-state index in [4.69, 9.17) is 4.98 Å². The second kappa shape index (κ2) is 14.7. The number of H-pyrrole nitrogens is 1. The number of halogens is 2. The van der Waals surface area contributed by atoms with Crippen LogP contribution in [-0.2, 0) is 24.2 Å². The van der Waals surface area contributed by atoms with Gasteiger partial charge in [-0.25, -0.2) is 13.8 Å². The van der Waals surface area contributed by atoms with Crippen molar-refractivity contribution in [3.63, 3.8) is 0 Å². The summed E-state index contributed by atoms with van der Waals surface area (Å²) in [6.07, 6.45) is 13.4. The lowest BCUT2D eigenvalue weighted by molar-refractivity contribution is -0.124. The van der Waals surface area contributed by atoms with Crippen molar-refractivity contribution in [2.24, 2.45) is 11.3 Å². The number of Topliss-reactive ketones (excluding diaryl/α,β-unsaturated/α-hetero) is 1. The van der Waals surface area contributed by atoms with Crippen LogP contribution in [0.2, 0.25) is 0 Å². The third-order valence-electron chi connectivity index (χ3n) is 15.9. The lowest BCUT2D eigenvalue weighted by Gasteiger charge is -2.54. The fourth-order valence-electron chi connectivity index (χ4n) is 12.9. The second-order valence-corrected chi connectivity index (χ2v) is 20.0. The molecule has 7 aliphatic rings. The van der Waals surface area contributed by atoms with Gasteiger partial charge in [-0.2, -0.15) is 5.10 Å². The lowest BCUT2D eigenvalue weighted by Crippen LogP contribution is -2.57. The van der Waals surface area contributed by atoms with Crippen molar-refractivity contribution in [2.75, 3.05) is 55.6 Å². The van der Waals surface area contributed by atoms with E-state index < -0.39 is 5.92 Å². The van der Waals surface area contributed by atoms with Crippen molar-refractivity contribution in [3.8, 4) is 0 Å². The Bertz CT molecular complexity index is 2390. The van der Waals surface area contributed by atoms with Crippen LogP contribution in [0.4, 0.5) is 20.3 Å². The average molecular weight is 829 g/mol. The van der Waals surface area contributed by atoms with Crippen molar-refractivity contribution in [1.82, 2.24) is 29.9 Å². The van der Waals surface area contributed by atoms with Gasteiger partial charge in [0.25, 0.3) is 11.8 Å². The maximum Gasteiger partial charge on any atom is 0.257 e. The van der Waals surface area contributed by atoms with Crippen LogP contribution in [-0.4, -0.2) is 111 Å². The number of benzene rings is 2. The summed E-state index contributed by atoms with van der Waals surface area (Å²) in [5.74, 6) is -0.935. The largest absolute Gasteiger partial charge is 0.366 e. The predicted octanol–water partition coefficient (Wildman–Crippen LogP) is 7.72. The van der Waals surface area contributed by atoms with Crippen molar-refractivity contribution in [2.45, 2.75) is 115 Å². The number of alkyl halides is 2. The maximum absolute atomic E-state index is 14.6. The van der Waals surface area contributed by atoms with Gasteiger partial charge in [-0.15, -0.1) is 0 Å². The lowest BCUT2D eigenvalue weighted by atomic mass is 9.57. The number of ketones is 1. The summed E-state index contributed by atoms with van der Waals surface area (Å²) in [4.78, 5) is 43.0. The minimum Gasteiger partial charge on any atom is -0.366 e. The van der Waals surface area contributed by atoms with Crippen LogP contribution in [0.1, 0.15) is 109 Å². The highest BCUT2D eigenvalue weighted by Gasteiger charge is 2.48. The molecule has 2 aromatic carbocycles. The summed E-state index contributed by atoms with van der Waals surface area (Å²) in [5, 5.41) is 8.41. The third-order valence-corrected chi connectivity index (χ3v) is 15.9. The number of piperazine rings is 1. The standard InChI is InChI=1S/C49H58F2N8O2/c1-30-4-11-43(44(60)20-30)58-28-40-35-7-6-34-27-55(18-19-57(34)42(35)12-9-37(40)47(58)61)26-32-22-49(23-32)14-16-56(17-15-49)45-13-5-33(24-52-45)46-36-8-10-41-39(25-53-54-41)38(36)21-31(2)59(46)29-48(3,50)51/h5,8-10,12-13,24-25,31-32,34,43,46H,1,4,6-7,11,14-23,26-29H2,2-3H3,(H,53,54)/t31-,34+,43+,46-/m1/s1. The van der Waals surface area contributed by atoms with Gasteiger partial charge in [-0.05, 0) is 128 Å². The SMILES string of the molecule is C=C1CC[C@H](N2Cc3c(ccc4c3CC[C@H]3CN(CC5CC6(CCN(c7ccc([C@@H]8c9ccc%10[nH]ncc%10c9C[C@@H](C)N8CC(C)(F)F)cn7)CC6)C5)CCN43)C2=O)C(=O)C1. The number of nitrogens with zero attached hydrogens (tertiary/aromatic N) is 7. The minimum absolute atomic E-state index is 0.0240. The van der Waals surface area contributed by atoms with Gasteiger partial charge in [0.05, 0.1) is 30.3 Å². The molecule has 61 heavy (non-hydrogen) atoms. The molecule has 1 spiro atoms. The smallest absolute Gasteiger partial charge is 0.257 e. The minimum atomic E-state index is -2.82. The molecule has 1 N–H and O–H groups in total. The molecule has 10 nitrogen and oxygen atoms in total. The van der Waals surface area contributed by atoms with Gasteiger partial charge in [0.2, 0.25) is 0 Å². The molecule has 0 bridgehead atoms. The van der Waals surface area contributed by atoms with E-state index in [0.29, 0.717) is 37.3 Å². The number of pyridine rings is 1. The Balaban J connectivity index is 0.694. The van der Waals surface area contributed by atoms with E-state index >= 15 is 0 Å². The normalized spacial score (nSPS) is 27.0. The number of carbonyl (C=O) groups excluding carboxylic acids is 2. The molecule has 7 heterocycles. The van der Waals surface area contributed by atoms with E-state index in [0.717, 1.165) is 109 Å². The van der Waals surface area contributed by atoms with Crippen LogP contribution in [0.15, 0.2) is 60.9 Å². The summed E-state index contributed by atoms with van der Waals surface area (Å²) in [6, 6.07) is 12.3. The fourth-order valence-corrected chi connectivity index (χ4v) is 12.9. The van der Waals surface area contributed by atoms with Gasteiger partial charge < -0.3 is 14.7 Å². The Morgan fingerprint density at radius 3 is 2.54 bits per heavy atom. The van der Waals surface area contributed by atoms with Crippen LogP contribution in [0.3, 0.4) is 0 Å². The molecule has 320 valence electrons. The summed E-state index contributed by atoms with van der Waals surface area (Å²) in [6.45, 7) is 13.7. The van der Waals surface area contributed by atoms with Gasteiger partial charge in [-0.1, -0.05) is 24.3 Å². The number of aromatic nitrogens is 3. The van der Waals surface area contributed by atoms with Gasteiger partial charge in [0.1, 0.15) is 5.82 Å². The van der Waals surface area contributed by atoms with E-state index in [-0.39, 0.29) is 36.4 Å². The van der Waals surface area contributed by atoms with Crippen molar-refractivity contribution in [1.29, 1.82) is 0 Å². The van der Waals surface area contributed by atoms with Crippen molar-refractivity contribution in [3.05, 3.63) is 94.3 Å². The summed E-state index contributed by atoms with van der Waals surface area (Å²) in [7, 11) is 0. The number of piperidine rings is 1. The number of rotatable bonds is 7. The van der Waals surface area contributed by atoms with Gasteiger partial charge in [-0.3, -0.25) is 24.5 Å². The number of nitrogens with one attached hydrogen (secondary N) is 1. The van der Waals surface area contributed by atoms with E-state index in [1.807, 2.05) is 34.3 Å². The number of fused-ring (bicyclic) bond motifs is 8. The Hall–Kier alpha value is -4.68. The molecule has 2 aliphatic carbocycles. The number of amides is 1. The molecular weight excluding hydrogens is 771 g/mol. The third kappa shape index (κ3) is 6.87. The van der Waals surface area contributed by atoms with Crippen molar-refractivity contribution < 1.29 is 18.4 Å². The molecule has 2 saturated carbocycles. The molecule has 1 amide bonds. The Kier molecular flexibility index (Phi) is 9.45. The quantitative estimate of drug-likeness (QED) is 0.190. The molecule has 4 atom stereocenters. The Morgan fingerprint density at radius 2 is 1.77 bits per heavy atom. The molecular formula is C49H58F2N8O2. The fraction of sp³-hybridized carbons (Fsp3) is 0.551. The molecule has 11 rings (SSSR count). The number of carbonyl (C=O) groups is 2. The Morgan fingerprint density at radius 1 is 0.934 bits per heavy atom. The molecule has 0 radical (unpaired) electrons. The van der Waals surface area contributed by atoms with E-state index in [1.165, 1.54) is 49.0 Å². The highest BCUT2D eigenvalue weighted by molar-refractivity contribution is 6.03. The van der Waals surface area contributed by atoms with E-state index in [9.17, 15) is 18.4 Å². The highest BCUT2D eigenvalue weighted by Crippen LogP contribution is 2.53.